The van der Waals surface area contributed by atoms with Gasteiger partial charge in [-0.05, 0) is 24.6 Å². The van der Waals surface area contributed by atoms with Gasteiger partial charge in [-0.2, -0.15) is 0 Å². The first kappa shape index (κ1) is 13.8. The van der Waals surface area contributed by atoms with E-state index < -0.39 is 0 Å². The van der Waals surface area contributed by atoms with Gasteiger partial charge in [-0.25, -0.2) is 0 Å². The highest BCUT2D eigenvalue weighted by Crippen LogP contribution is 2.23. The van der Waals surface area contributed by atoms with E-state index in [-0.39, 0.29) is 6.61 Å². The molecule has 0 fully saturated rings. The monoisotopic (exact) mass is 255 g/mol. The van der Waals surface area contributed by atoms with Gasteiger partial charge in [0.1, 0.15) is 0 Å². The second kappa shape index (κ2) is 7.07. The van der Waals surface area contributed by atoms with Crippen molar-refractivity contribution < 1.29 is 5.11 Å². The first-order valence-electron chi connectivity index (χ1n) is 6.71. The summed E-state index contributed by atoms with van der Waals surface area (Å²) in [5, 5.41) is 9.16. The van der Waals surface area contributed by atoms with E-state index >= 15 is 0 Å². The molecule has 0 aliphatic rings. The van der Waals surface area contributed by atoms with Crippen LogP contribution >= 0.6 is 0 Å². The number of likely N-dealkylation sites (N-methyl/N-ethyl adjacent to an activating group) is 1. The Bertz CT molecular complexity index is 469. The fraction of sp³-hybridized carbons (Fsp3) is 0.294. The summed E-state index contributed by atoms with van der Waals surface area (Å²) in [5.41, 5.74) is 2.61. The van der Waals surface area contributed by atoms with Gasteiger partial charge < -0.3 is 5.11 Å². The first-order chi connectivity index (χ1) is 9.31. The molecule has 0 amide bonds. The van der Waals surface area contributed by atoms with Crippen molar-refractivity contribution in [1.29, 1.82) is 0 Å². The summed E-state index contributed by atoms with van der Waals surface area (Å²) in [6.07, 6.45) is 0.960. The molecular weight excluding hydrogens is 234 g/mol. The molecule has 0 saturated heterocycles. The zero-order chi connectivity index (χ0) is 13.5. The van der Waals surface area contributed by atoms with Gasteiger partial charge in [0.2, 0.25) is 0 Å². The third-order valence-electron chi connectivity index (χ3n) is 3.44. The van der Waals surface area contributed by atoms with Crippen molar-refractivity contribution in [3.05, 3.63) is 71.8 Å². The Balaban J connectivity index is 2.20. The van der Waals surface area contributed by atoms with Crippen LogP contribution in [0.3, 0.4) is 0 Å². The van der Waals surface area contributed by atoms with Gasteiger partial charge in [0, 0.05) is 12.6 Å². The van der Waals surface area contributed by atoms with Crippen LogP contribution in [0.15, 0.2) is 60.7 Å². The molecule has 2 rings (SSSR count). The lowest BCUT2D eigenvalue weighted by atomic mass is 9.98. The number of aliphatic hydroxyl groups is 1. The molecule has 100 valence electrons. The van der Waals surface area contributed by atoms with Crippen molar-refractivity contribution in [3.8, 4) is 0 Å². The molecule has 0 bridgehead atoms. The SMILES string of the molecule is CN(CCO)C(Cc1ccccc1)c1ccccc1. The van der Waals surface area contributed by atoms with Gasteiger partial charge in [-0.15, -0.1) is 0 Å². The predicted molar refractivity (Wildman–Crippen MR) is 79.0 cm³/mol. The summed E-state index contributed by atoms with van der Waals surface area (Å²) in [7, 11) is 2.07. The molecule has 2 heteroatoms. The molecule has 0 saturated carbocycles. The second-order valence-electron chi connectivity index (χ2n) is 4.82. The van der Waals surface area contributed by atoms with Crippen LogP contribution in [0.4, 0.5) is 0 Å². The number of hydrogen-bond acceptors (Lipinski definition) is 2. The van der Waals surface area contributed by atoms with Crippen LogP contribution in [0.2, 0.25) is 0 Å². The van der Waals surface area contributed by atoms with E-state index in [9.17, 15) is 0 Å². The molecule has 0 heterocycles. The fourth-order valence-electron chi connectivity index (χ4n) is 2.35. The Morgan fingerprint density at radius 1 is 0.947 bits per heavy atom. The Morgan fingerprint density at radius 3 is 2.11 bits per heavy atom. The topological polar surface area (TPSA) is 23.5 Å². The smallest absolute Gasteiger partial charge is 0.0558 e. The zero-order valence-corrected chi connectivity index (χ0v) is 11.4. The average Bonchev–Trinajstić information content (AvgIpc) is 2.47. The van der Waals surface area contributed by atoms with E-state index in [4.69, 9.17) is 5.11 Å². The Morgan fingerprint density at radius 2 is 1.53 bits per heavy atom. The minimum absolute atomic E-state index is 0.189. The van der Waals surface area contributed by atoms with Gasteiger partial charge >= 0.3 is 0 Å². The Kier molecular flexibility index (Phi) is 5.13. The highest BCUT2D eigenvalue weighted by Gasteiger charge is 2.16. The standard InChI is InChI=1S/C17H21NO/c1-18(12-13-19)17(16-10-6-3-7-11-16)14-15-8-4-2-5-9-15/h2-11,17,19H,12-14H2,1H3. The summed E-state index contributed by atoms with van der Waals surface area (Å²) < 4.78 is 0. The molecule has 2 aromatic carbocycles. The van der Waals surface area contributed by atoms with E-state index in [1.165, 1.54) is 11.1 Å². The summed E-state index contributed by atoms with van der Waals surface area (Å²) in [6.45, 7) is 0.876. The largest absolute Gasteiger partial charge is 0.395 e. The molecule has 0 aromatic heterocycles. The summed E-state index contributed by atoms with van der Waals surface area (Å²) in [4.78, 5) is 2.21. The quantitative estimate of drug-likeness (QED) is 0.858. The van der Waals surface area contributed by atoms with Gasteiger partial charge in [-0.1, -0.05) is 60.7 Å². The van der Waals surface area contributed by atoms with Crippen molar-refractivity contribution >= 4 is 0 Å². The van der Waals surface area contributed by atoms with E-state index in [1.807, 2.05) is 12.1 Å². The van der Waals surface area contributed by atoms with Crippen LogP contribution < -0.4 is 0 Å². The molecule has 0 aliphatic carbocycles. The third kappa shape index (κ3) is 3.91. The van der Waals surface area contributed by atoms with E-state index in [2.05, 4.69) is 60.5 Å². The lowest BCUT2D eigenvalue weighted by molar-refractivity contribution is 0.179. The number of benzene rings is 2. The number of aliphatic hydroxyl groups excluding tert-OH is 1. The van der Waals surface area contributed by atoms with Crippen molar-refractivity contribution in [1.82, 2.24) is 4.90 Å². The van der Waals surface area contributed by atoms with Crippen molar-refractivity contribution in [2.45, 2.75) is 12.5 Å². The molecule has 0 spiro atoms. The summed E-state index contributed by atoms with van der Waals surface area (Å²) in [6, 6.07) is 21.3. The van der Waals surface area contributed by atoms with Crippen LogP contribution in [-0.2, 0) is 6.42 Å². The molecule has 0 radical (unpaired) electrons. The zero-order valence-electron chi connectivity index (χ0n) is 11.4. The molecule has 2 nitrogen and oxygen atoms in total. The predicted octanol–water partition coefficient (Wildman–Crippen LogP) is 2.89. The second-order valence-corrected chi connectivity index (χ2v) is 4.82. The lowest BCUT2D eigenvalue weighted by Gasteiger charge is -2.28. The van der Waals surface area contributed by atoms with Crippen LogP contribution in [0.5, 0.6) is 0 Å². The first-order valence-corrected chi connectivity index (χ1v) is 6.71. The van der Waals surface area contributed by atoms with Crippen LogP contribution in [-0.4, -0.2) is 30.2 Å². The van der Waals surface area contributed by atoms with Gasteiger partial charge in [0.25, 0.3) is 0 Å². The average molecular weight is 255 g/mol. The van der Waals surface area contributed by atoms with Crippen LogP contribution in [0.1, 0.15) is 17.2 Å². The maximum Gasteiger partial charge on any atom is 0.0558 e. The van der Waals surface area contributed by atoms with Crippen molar-refractivity contribution in [2.75, 3.05) is 20.2 Å². The molecule has 2 aromatic rings. The minimum atomic E-state index is 0.189. The van der Waals surface area contributed by atoms with E-state index in [0.717, 1.165) is 6.42 Å². The maximum absolute atomic E-state index is 9.16. The van der Waals surface area contributed by atoms with E-state index in [1.54, 1.807) is 0 Å². The van der Waals surface area contributed by atoms with Crippen LogP contribution in [0.25, 0.3) is 0 Å². The highest BCUT2D eigenvalue weighted by atomic mass is 16.3. The molecule has 19 heavy (non-hydrogen) atoms. The highest BCUT2D eigenvalue weighted by molar-refractivity contribution is 5.23. The molecule has 1 N–H and O–H groups in total. The lowest BCUT2D eigenvalue weighted by Crippen LogP contribution is -2.29. The van der Waals surface area contributed by atoms with Crippen molar-refractivity contribution in [2.24, 2.45) is 0 Å². The van der Waals surface area contributed by atoms with Gasteiger partial charge in [0.05, 0.1) is 6.61 Å². The normalized spacial score (nSPS) is 12.6. The van der Waals surface area contributed by atoms with Gasteiger partial charge in [-0.3, -0.25) is 4.90 Å². The molecule has 1 atom stereocenters. The van der Waals surface area contributed by atoms with Gasteiger partial charge in [0.15, 0.2) is 0 Å². The Hall–Kier alpha value is -1.64. The summed E-state index contributed by atoms with van der Waals surface area (Å²) >= 11 is 0. The molecular formula is C17H21NO. The van der Waals surface area contributed by atoms with Crippen molar-refractivity contribution in [3.63, 3.8) is 0 Å². The Labute approximate surface area is 115 Å². The number of hydrogen-bond donors (Lipinski definition) is 1. The molecule has 1 unspecified atom stereocenters. The van der Waals surface area contributed by atoms with E-state index in [0.29, 0.717) is 12.6 Å². The fourth-order valence-corrected chi connectivity index (χ4v) is 2.35. The number of nitrogens with zero attached hydrogens (tertiary/aromatic N) is 1. The molecule has 0 aliphatic heterocycles. The maximum atomic E-state index is 9.16. The minimum Gasteiger partial charge on any atom is -0.395 e. The third-order valence-corrected chi connectivity index (χ3v) is 3.44. The summed E-state index contributed by atoms with van der Waals surface area (Å²) in [5.74, 6) is 0. The number of rotatable bonds is 6. The van der Waals surface area contributed by atoms with Crippen LogP contribution in [0, 0.1) is 0 Å².